The Labute approximate surface area is 218 Å². The van der Waals surface area contributed by atoms with Gasteiger partial charge in [-0.25, -0.2) is 9.48 Å². The molecule has 1 aliphatic rings. The Bertz CT molecular complexity index is 1160. The topological polar surface area (TPSA) is 186 Å². The lowest BCUT2D eigenvalue weighted by Gasteiger charge is -2.35. The summed E-state index contributed by atoms with van der Waals surface area (Å²) < 4.78 is 11.7. The Kier molecular flexibility index (Phi) is 9.62. The molecule has 14 nitrogen and oxygen atoms in total. The summed E-state index contributed by atoms with van der Waals surface area (Å²) >= 11 is 0. The van der Waals surface area contributed by atoms with E-state index in [4.69, 9.17) is 20.3 Å². The smallest absolute Gasteiger partial charge is 0.409 e. The molecule has 1 aromatic heterocycles. The first kappa shape index (κ1) is 28.0. The molecule has 1 saturated heterocycles. The number of hydrogen-bond acceptors (Lipinski definition) is 8. The number of carbonyl (C=O) groups is 5. The second-order valence-electron chi connectivity index (χ2n) is 8.34. The maximum atomic E-state index is 13.2. The van der Waals surface area contributed by atoms with Gasteiger partial charge in [0.2, 0.25) is 11.8 Å². The zero-order chi connectivity index (χ0) is 27.7. The van der Waals surface area contributed by atoms with Crippen LogP contribution in [0.5, 0.6) is 5.88 Å². The van der Waals surface area contributed by atoms with Gasteiger partial charge in [-0.1, -0.05) is 18.2 Å². The lowest BCUT2D eigenvalue weighted by Crippen LogP contribution is -2.56. The molecule has 1 aromatic carbocycles. The first-order valence-electron chi connectivity index (χ1n) is 12.0. The van der Waals surface area contributed by atoms with Crippen LogP contribution in [0, 0.1) is 0 Å². The minimum atomic E-state index is -1.15. The largest absolute Gasteiger partial charge is 0.481 e. The van der Waals surface area contributed by atoms with Crippen molar-refractivity contribution in [3.05, 3.63) is 42.1 Å². The first-order valence-corrected chi connectivity index (χ1v) is 12.0. The van der Waals surface area contributed by atoms with Gasteiger partial charge in [0.15, 0.2) is 12.3 Å². The van der Waals surface area contributed by atoms with Crippen molar-refractivity contribution < 1.29 is 38.6 Å². The Morgan fingerprint density at radius 3 is 2.34 bits per heavy atom. The summed E-state index contributed by atoms with van der Waals surface area (Å²) in [6, 6.07) is 8.85. The van der Waals surface area contributed by atoms with E-state index >= 15 is 0 Å². The number of ether oxygens (including phenoxy) is 2. The third kappa shape index (κ3) is 7.44. The molecular formula is C24H30N6O8. The van der Waals surface area contributed by atoms with Crippen molar-refractivity contribution in [1.29, 1.82) is 0 Å². The molecule has 1 aliphatic heterocycles. The molecule has 1 fully saturated rings. The fourth-order valence-electron chi connectivity index (χ4n) is 3.78. The second kappa shape index (κ2) is 13.1. The Balaban J connectivity index is 1.76. The fourth-order valence-corrected chi connectivity index (χ4v) is 3.78. The normalized spacial score (nSPS) is 13.9. The quantitative estimate of drug-likeness (QED) is 0.359. The van der Waals surface area contributed by atoms with Crippen LogP contribution in [0.3, 0.4) is 0 Å². The number of carbonyl (C=O) groups excluding carboxylic acids is 4. The predicted molar refractivity (Wildman–Crippen MR) is 132 cm³/mol. The summed E-state index contributed by atoms with van der Waals surface area (Å²) in [6.45, 7) is 2.37. The van der Waals surface area contributed by atoms with Crippen LogP contribution in [0.25, 0.3) is 5.69 Å². The molecule has 2 heterocycles. The Morgan fingerprint density at radius 2 is 1.74 bits per heavy atom. The van der Waals surface area contributed by atoms with Gasteiger partial charge in [-0.3, -0.25) is 19.2 Å². The third-order valence-corrected chi connectivity index (χ3v) is 5.64. The average Bonchev–Trinajstić information content (AvgIpc) is 3.34. The van der Waals surface area contributed by atoms with Gasteiger partial charge in [0.1, 0.15) is 6.04 Å². The highest BCUT2D eigenvalue weighted by molar-refractivity contribution is 5.96. The van der Waals surface area contributed by atoms with Crippen molar-refractivity contribution in [2.24, 2.45) is 5.73 Å². The average molecular weight is 531 g/mol. The minimum absolute atomic E-state index is 0.0728. The van der Waals surface area contributed by atoms with E-state index in [1.807, 2.05) is 0 Å². The SMILES string of the molecule is CCOC(=O)N1CCN(C(=O)[C@H](CCC(=O)O)NC(=O)c2cc(OCC(N)=O)n(-c3ccccc3)n2)CC1. The summed E-state index contributed by atoms with van der Waals surface area (Å²) in [6.07, 6.45) is -0.980. The highest BCUT2D eigenvalue weighted by Crippen LogP contribution is 2.20. The van der Waals surface area contributed by atoms with Gasteiger partial charge in [-0.15, -0.1) is 0 Å². The first-order chi connectivity index (χ1) is 18.2. The molecule has 0 radical (unpaired) electrons. The number of carboxylic acid groups (broad SMARTS) is 1. The van der Waals surface area contributed by atoms with E-state index in [9.17, 15) is 24.0 Å². The lowest BCUT2D eigenvalue weighted by atomic mass is 10.1. The van der Waals surface area contributed by atoms with Gasteiger partial charge >= 0.3 is 12.1 Å². The highest BCUT2D eigenvalue weighted by Gasteiger charge is 2.31. The number of aliphatic carboxylic acids is 1. The molecule has 4 N–H and O–H groups in total. The minimum Gasteiger partial charge on any atom is -0.481 e. The van der Waals surface area contributed by atoms with Crippen LogP contribution < -0.4 is 15.8 Å². The number of rotatable bonds is 11. The Morgan fingerprint density at radius 1 is 1.08 bits per heavy atom. The van der Waals surface area contributed by atoms with Gasteiger partial charge in [0.25, 0.3) is 11.8 Å². The maximum Gasteiger partial charge on any atom is 0.409 e. The molecule has 0 aliphatic carbocycles. The molecular weight excluding hydrogens is 500 g/mol. The van der Waals surface area contributed by atoms with E-state index < -0.39 is 42.4 Å². The van der Waals surface area contributed by atoms with Crippen LogP contribution >= 0.6 is 0 Å². The third-order valence-electron chi connectivity index (χ3n) is 5.64. The molecule has 0 bridgehead atoms. The van der Waals surface area contributed by atoms with E-state index in [0.29, 0.717) is 5.69 Å². The van der Waals surface area contributed by atoms with Crippen molar-refractivity contribution in [3.8, 4) is 11.6 Å². The fraction of sp³-hybridized carbons (Fsp3) is 0.417. The summed E-state index contributed by atoms with van der Waals surface area (Å²) in [5, 5.41) is 16.0. The van der Waals surface area contributed by atoms with Gasteiger partial charge in [-0.2, -0.15) is 5.10 Å². The van der Waals surface area contributed by atoms with E-state index in [2.05, 4.69) is 10.4 Å². The number of hydrogen-bond donors (Lipinski definition) is 3. The molecule has 4 amide bonds. The molecule has 1 atom stereocenters. The molecule has 3 rings (SSSR count). The predicted octanol–water partition coefficient (Wildman–Crippen LogP) is 0.000300. The van der Waals surface area contributed by atoms with Crippen LogP contribution in [0.1, 0.15) is 30.3 Å². The number of nitrogens with zero attached hydrogens (tertiary/aromatic N) is 4. The molecule has 0 spiro atoms. The van der Waals surface area contributed by atoms with Crippen molar-refractivity contribution in [2.45, 2.75) is 25.8 Å². The van der Waals surface area contributed by atoms with Crippen molar-refractivity contribution in [3.63, 3.8) is 0 Å². The van der Waals surface area contributed by atoms with Gasteiger partial charge in [0, 0.05) is 38.7 Å². The van der Waals surface area contributed by atoms with Crippen LogP contribution in [-0.4, -0.2) is 99.9 Å². The van der Waals surface area contributed by atoms with Crippen LogP contribution in [0.15, 0.2) is 36.4 Å². The number of aromatic nitrogens is 2. The van der Waals surface area contributed by atoms with Crippen molar-refractivity contribution in [1.82, 2.24) is 24.9 Å². The number of nitrogens with one attached hydrogen (secondary N) is 1. The summed E-state index contributed by atoms with van der Waals surface area (Å²) in [7, 11) is 0. The number of amides is 4. The molecule has 0 saturated carbocycles. The summed E-state index contributed by atoms with van der Waals surface area (Å²) in [5.41, 5.74) is 5.60. The zero-order valence-electron chi connectivity index (χ0n) is 20.9. The zero-order valence-corrected chi connectivity index (χ0v) is 20.9. The van der Waals surface area contributed by atoms with E-state index in [0.717, 1.165) is 0 Å². The lowest BCUT2D eigenvalue weighted by molar-refractivity contribution is -0.138. The second-order valence-corrected chi connectivity index (χ2v) is 8.34. The standard InChI is InChI=1S/C24H30N6O8/c1-2-37-24(36)29-12-10-28(11-13-29)23(35)17(8-9-21(32)33)26-22(34)18-14-20(38-15-19(25)31)30(27-18)16-6-4-3-5-7-16/h3-7,14,17H,2,8-13,15H2,1H3,(H2,25,31)(H,26,34)(H,32,33)/t17-/m0/s1. The van der Waals surface area contributed by atoms with E-state index in [1.54, 1.807) is 37.3 Å². The number of carboxylic acids is 1. The molecule has 14 heteroatoms. The van der Waals surface area contributed by atoms with Crippen LogP contribution in [-0.2, 0) is 19.1 Å². The number of nitrogens with two attached hydrogens (primary N) is 1. The molecule has 38 heavy (non-hydrogen) atoms. The number of para-hydroxylation sites is 1. The molecule has 0 unspecified atom stereocenters. The van der Waals surface area contributed by atoms with Crippen molar-refractivity contribution >= 4 is 29.8 Å². The summed E-state index contributed by atoms with van der Waals surface area (Å²) in [5.74, 6) is -2.99. The van der Waals surface area contributed by atoms with Gasteiger partial charge in [0.05, 0.1) is 12.3 Å². The Hall–Kier alpha value is -4.62. The van der Waals surface area contributed by atoms with Gasteiger partial charge < -0.3 is 35.4 Å². The van der Waals surface area contributed by atoms with E-state index in [-0.39, 0.29) is 57.2 Å². The van der Waals surface area contributed by atoms with Crippen LogP contribution in [0.2, 0.25) is 0 Å². The highest BCUT2D eigenvalue weighted by atomic mass is 16.6. The van der Waals surface area contributed by atoms with E-state index in [1.165, 1.54) is 20.5 Å². The molecule has 2 aromatic rings. The summed E-state index contributed by atoms with van der Waals surface area (Å²) in [4.78, 5) is 63.6. The van der Waals surface area contributed by atoms with Crippen LogP contribution in [0.4, 0.5) is 4.79 Å². The van der Waals surface area contributed by atoms with Gasteiger partial charge in [-0.05, 0) is 25.5 Å². The maximum absolute atomic E-state index is 13.2. The monoisotopic (exact) mass is 530 g/mol. The number of piperazine rings is 1. The van der Waals surface area contributed by atoms with Crippen molar-refractivity contribution in [2.75, 3.05) is 39.4 Å². The number of benzene rings is 1. The molecule has 204 valence electrons. The number of primary amides is 1.